The van der Waals surface area contributed by atoms with Crippen molar-refractivity contribution in [2.24, 2.45) is 0 Å². The number of carbonyl (C=O) groups excluding carboxylic acids is 1. The van der Waals surface area contributed by atoms with Gasteiger partial charge in [-0.15, -0.1) is 0 Å². The molecule has 195 valence electrons. The molecule has 0 saturated carbocycles. The Balaban J connectivity index is 1.38. The lowest BCUT2D eigenvalue weighted by Gasteiger charge is -2.06. The Morgan fingerprint density at radius 2 is 1.30 bits per heavy atom. The summed E-state index contributed by atoms with van der Waals surface area (Å²) in [6, 6.07) is 24.5. The molecule has 3 aromatic rings. The average molecular weight is 496 g/mol. The number of unbranched alkanes of at least 4 members (excludes halogenated alkanes) is 8. The summed E-state index contributed by atoms with van der Waals surface area (Å²) < 4.78 is 5.88. The number of ether oxygens (including phenoxy) is 1. The predicted octanol–water partition coefficient (Wildman–Crippen LogP) is 9.93. The van der Waals surface area contributed by atoms with Crippen LogP contribution in [-0.4, -0.2) is 12.4 Å². The zero-order chi connectivity index (χ0) is 26.1. The van der Waals surface area contributed by atoms with Gasteiger partial charge in [0.15, 0.2) is 5.78 Å². The predicted molar refractivity (Wildman–Crippen MR) is 158 cm³/mol. The zero-order valence-corrected chi connectivity index (χ0v) is 22.6. The van der Waals surface area contributed by atoms with Crippen molar-refractivity contribution in [2.45, 2.75) is 77.6 Å². The van der Waals surface area contributed by atoms with Crippen LogP contribution in [0.15, 0.2) is 78.9 Å². The van der Waals surface area contributed by atoms with E-state index in [1.54, 1.807) is 6.08 Å². The third-order valence-corrected chi connectivity index (χ3v) is 6.72. The number of allylic oxidation sites excluding steroid dienone is 1. The van der Waals surface area contributed by atoms with Crippen LogP contribution in [0.3, 0.4) is 0 Å². The van der Waals surface area contributed by atoms with Crippen LogP contribution in [0.5, 0.6) is 5.75 Å². The van der Waals surface area contributed by atoms with Gasteiger partial charge in [-0.2, -0.15) is 0 Å². The molecule has 0 aromatic heterocycles. The van der Waals surface area contributed by atoms with Crippen molar-refractivity contribution in [3.05, 3.63) is 102 Å². The van der Waals surface area contributed by atoms with Gasteiger partial charge in [0.25, 0.3) is 0 Å². The molecule has 0 atom stereocenters. The second-order valence-electron chi connectivity index (χ2n) is 9.82. The Labute approximate surface area is 224 Å². The van der Waals surface area contributed by atoms with Gasteiger partial charge < -0.3 is 4.74 Å². The number of hydrogen-bond acceptors (Lipinski definition) is 2. The molecule has 0 spiro atoms. The third-order valence-electron chi connectivity index (χ3n) is 6.72. The van der Waals surface area contributed by atoms with E-state index in [4.69, 9.17) is 4.74 Å². The lowest BCUT2D eigenvalue weighted by Crippen LogP contribution is -1.97. The molecule has 0 N–H and O–H groups in total. The molecule has 2 nitrogen and oxygen atoms in total. The SMILES string of the molecule is [CH2]CCCCCCCCCCOc1ccc(/C=C/C(=O)c2ccc(-c3ccc(CCC)cc3)cc2)cc1. The second kappa shape index (κ2) is 16.6. The minimum absolute atomic E-state index is 0.00698. The molecule has 0 bridgehead atoms. The van der Waals surface area contributed by atoms with Gasteiger partial charge in [0.2, 0.25) is 0 Å². The van der Waals surface area contributed by atoms with Gasteiger partial charge in [-0.1, -0.05) is 138 Å². The highest BCUT2D eigenvalue weighted by molar-refractivity contribution is 6.07. The first-order chi connectivity index (χ1) is 18.2. The summed E-state index contributed by atoms with van der Waals surface area (Å²) in [6.45, 7) is 6.85. The molecule has 0 unspecified atom stereocenters. The molecule has 0 fully saturated rings. The highest BCUT2D eigenvalue weighted by Gasteiger charge is 2.04. The molecule has 3 aromatic carbocycles. The number of hydrogen-bond donors (Lipinski definition) is 0. The normalized spacial score (nSPS) is 11.2. The highest BCUT2D eigenvalue weighted by atomic mass is 16.5. The average Bonchev–Trinajstić information content (AvgIpc) is 2.94. The van der Waals surface area contributed by atoms with Crippen LogP contribution < -0.4 is 4.74 Å². The summed E-state index contributed by atoms with van der Waals surface area (Å²) in [5.41, 5.74) is 5.34. The van der Waals surface area contributed by atoms with Crippen LogP contribution in [-0.2, 0) is 6.42 Å². The first kappa shape index (κ1) is 28.4. The number of aryl methyl sites for hydroxylation is 1. The molecule has 0 heterocycles. The lowest BCUT2D eigenvalue weighted by atomic mass is 10.00. The van der Waals surface area contributed by atoms with Gasteiger partial charge in [-0.25, -0.2) is 0 Å². The largest absolute Gasteiger partial charge is 0.494 e. The van der Waals surface area contributed by atoms with Gasteiger partial charge in [-0.3, -0.25) is 4.79 Å². The molecule has 0 amide bonds. The van der Waals surface area contributed by atoms with Crippen molar-refractivity contribution in [1.82, 2.24) is 0 Å². The van der Waals surface area contributed by atoms with Crippen LogP contribution in [0.4, 0.5) is 0 Å². The van der Waals surface area contributed by atoms with Crippen LogP contribution >= 0.6 is 0 Å². The standard InChI is InChI=1S/C35H43O2/c1-3-5-6-7-8-9-10-11-12-28-37-34-25-16-30(17-26-34)18-27-35(36)33-23-21-32(22-24-33)31-19-14-29(13-4-2)15-20-31/h14-27H,1,3-13,28H2,2H3/b27-18+. The fourth-order valence-corrected chi connectivity index (χ4v) is 4.45. The van der Waals surface area contributed by atoms with Gasteiger partial charge in [0.05, 0.1) is 6.61 Å². The monoisotopic (exact) mass is 495 g/mol. The van der Waals surface area contributed by atoms with E-state index in [0.717, 1.165) is 49.2 Å². The van der Waals surface area contributed by atoms with Gasteiger partial charge in [0.1, 0.15) is 5.75 Å². The van der Waals surface area contributed by atoms with E-state index in [9.17, 15) is 4.79 Å². The van der Waals surface area contributed by atoms with Crippen molar-refractivity contribution in [2.75, 3.05) is 6.61 Å². The van der Waals surface area contributed by atoms with E-state index in [1.165, 1.54) is 56.1 Å². The van der Waals surface area contributed by atoms with E-state index >= 15 is 0 Å². The van der Waals surface area contributed by atoms with E-state index in [-0.39, 0.29) is 5.78 Å². The summed E-state index contributed by atoms with van der Waals surface area (Å²) in [4.78, 5) is 12.7. The molecule has 0 saturated heterocycles. The van der Waals surface area contributed by atoms with E-state index in [2.05, 4.69) is 38.1 Å². The van der Waals surface area contributed by atoms with Gasteiger partial charge in [0, 0.05) is 5.56 Å². The minimum atomic E-state index is 0.00698. The summed E-state index contributed by atoms with van der Waals surface area (Å²) >= 11 is 0. The first-order valence-corrected chi connectivity index (χ1v) is 14.1. The second-order valence-corrected chi connectivity index (χ2v) is 9.82. The molecule has 0 aliphatic carbocycles. The first-order valence-electron chi connectivity index (χ1n) is 14.1. The van der Waals surface area contributed by atoms with Crippen LogP contribution in [0, 0.1) is 6.92 Å². The molecular formula is C35H43O2. The summed E-state index contributed by atoms with van der Waals surface area (Å²) in [5, 5.41) is 0. The van der Waals surface area contributed by atoms with Crippen molar-refractivity contribution >= 4 is 11.9 Å². The molecule has 1 radical (unpaired) electrons. The topological polar surface area (TPSA) is 26.3 Å². The summed E-state index contributed by atoms with van der Waals surface area (Å²) in [7, 11) is 0. The summed E-state index contributed by atoms with van der Waals surface area (Å²) in [6.07, 6.45) is 17.1. The van der Waals surface area contributed by atoms with Crippen LogP contribution in [0.1, 0.15) is 92.6 Å². The minimum Gasteiger partial charge on any atom is -0.494 e. The van der Waals surface area contributed by atoms with E-state index in [1.807, 2.05) is 54.6 Å². The third kappa shape index (κ3) is 10.4. The quantitative estimate of drug-likeness (QED) is 0.106. The summed E-state index contributed by atoms with van der Waals surface area (Å²) in [5.74, 6) is 0.891. The van der Waals surface area contributed by atoms with Crippen molar-refractivity contribution < 1.29 is 9.53 Å². The van der Waals surface area contributed by atoms with Crippen LogP contribution in [0.2, 0.25) is 0 Å². The fourth-order valence-electron chi connectivity index (χ4n) is 4.45. The van der Waals surface area contributed by atoms with Crippen LogP contribution in [0.25, 0.3) is 17.2 Å². The van der Waals surface area contributed by atoms with Gasteiger partial charge >= 0.3 is 0 Å². The number of carbonyl (C=O) groups is 1. The Kier molecular flexibility index (Phi) is 12.7. The molecule has 0 aliphatic heterocycles. The fraction of sp³-hybridized carbons (Fsp3) is 0.371. The van der Waals surface area contributed by atoms with E-state index < -0.39 is 0 Å². The van der Waals surface area contributed by atoms with Crippen molar-refractivity contribution in [3.8, 4) is 16.9 Å². The molecule has 37 heavy (non-hydrogen) atoms. The lowest BCUT2D eigenvalue weighted by molar-refractivity contribution is 0.104. The number of benzene rings is 3. The molecule has 2 heteroatoms. The molecule has 3 rings (SSSR count). The highest BCUT2D eigenvalue weighted by Crippen LogP contribution is 2.21. The van der Waals surface area contributed by atoms with Crippen molar-refractivity contribution in [1.29, 1.82) is 0 Å². The Morgan fingerprint density at radius 1 is 0.730 bits per heavy atom. The Morgan fingerprint density at radius 3 is 1.89 bits per heavy atom. The maximum absolute atomic E-state index is 12.7. The van der Waals surface area contributed by atoms with Gasteiger partial charge in [-0.05, 0) is 53.3 Å². The molecular weight excluding hydrogens is 452 g/mol. The Hall–Kier alpha value is -3.13. The smallest absolute Gasteiger partial charge is 0.185 e. The maximum atomic E-state index is 12.7. The van der Waals surface area contributed by atoms with Crippen molar-refractivity contribution in [3.63, 3.8) is 0 Å². The zero-order valence-electron chi connectivity index (χ0n) is 22.6. The number of rotatable bonds is 17. The molecule has 0 aliphatic rings. The number of ketones is 1. The maximum Gasteiger partial charge on any atom is 0.185 e. The Bertz CT molecular complexity index is 1060. The van der Waals surface area contributed by atoms with E-state index in [0.29, 0.717) is 5.56 Å².